The van der Waals surface area contributed by atoms with E-state index in [0.29, 0.717) is 23.4 Å². The Balaban J connectivity index is 1.49. The summed E-state index contributed by atoms with van der Waals surface area (Å²) < 4.78 is 27.5. The van der Waals surface area contributed by atoms with Gasteiger partial charge in [-0.05, 0) is 69.0 Å². The Morgan fingerprint density at radius 1 is 0.935 bits per heavy atom. The molecule has 0 spiro atoms. The maximum atomic E-state index is 13.0. The van der Waals surface area contributed by atoms with Gasteiger partial charge < -0.3 is 10.6 Å². The molecule has 1 aliphatic heterocycles. The van der Waals surface area contributed by atoms with Crippen molar-refractivity contribution in [2.45, 2.75) is 56.0 Å². The molecule has 1 unspecified atom stereocenters. The van der Waals surface area contributed by atoms with E-state index in [1.807, 2.05) is 6.92 Å². The van der Waals surface area contributed by atoms with E-state index in [9.17, 15) is 18.0 Å². The minimum Gasteiger partial charge on any atom is -0.349 e. The van der Waals surface area contributed by atoms with Crippen LogP contribution >= 0.6 is 0 Å². The molecule has 1 atom stereocenters. The average Bonchev–Trinajstić information content (AvgIpc) is 3.58. The van der Waals surface area contributed by atoms with Gasteiger partial charge in [-0.1, -0.05) is 18.6 Å². The largest absolute Gasteiger partial charge is 0.349 e. The summed E-state index contributed by atoms with van der Waals surface area (Å²) in [5.74, 6) is -0.613. The molecule has 2 aliphatic rings. The van der Waals surface area contributed by atoms with Gasteiger partial charge in [0.2, 0.25) is 10.0 Å². The number of piperidine rings is 1. The molecule has 2 fully saturated rings. The molecule has 2 amide bonds. The van der Waals surface area contributed by atoms with Gasteiger partial charge in [-0.15, -0.1) is 0 Å². The molecule has 0 radical (unpaired) electrons. The number of benzene rings is 2. The van der Waals surface area contributed by atoms with Crippen LogP contribution < -0.4 is 10.6 Å². The summed E-state index contributed by atoms with van der Waals surface area (Å²) in [4.78, 5) is 25.3. The Bertz CT molecular complexity index is 1080. The van der Waals surface area contributed by atoms with Gasteiger partial charge in [0.25, 0.3) is 11.8 Å². The molecule has 2 aromatic rings. The summed E-state index contributed by atoms with van der Waals surface area (Å²) in [5, 5.41) is 5.69. The standard InChI is InChI=1S/C23H27N3O4S/c1-16-6-4-5-15-26(16)31(29,30)19-13-9-17(10-14-19)22(27)25-21-8-3-2-7-20(21)23(28)24-18-11-12-18/h2-3,7-10,13-14,16,18H,4-6,11-12,15H2,1H3,(H,24,28)(H,25,27). The van der Waals surface area contributed by atoms with Gasteiger partial charge in [0, 0.05) is 24.2 Å². The van der Waals surface area contributed by atoms with E-state index in [-0.39, 0.29) is 22.9 Å². The van der Waals surface area contributed by atoms with Crippen molar-refractivity contribution in [2.24, 2.45) is 0 Å². The van der Waals surface area contributed by atoms with Crippen LogP contribution in [0.3, 0.4) is 0 Å². The fourth-order valence-corrected chi connectivity index (χ4v) is 5.52. The zero-order valence-electron chi connectivity index (χ0n) is 17.5. The average molecular weight is 442 g/mol. The number of carbonyl (C=O) groups excluding carboxylic acids is 2. The van der Waals surface area contributed by atoms with Crippen LogP contribution in [0.25, 0.3) is 0 Å². The van der Waals surface area contributed by atoms with E-state index in [4.69, 9.17) is 0 Å². The quantitative estimate of drug-likeness (QED) is 0.718. The Morgan fingerprint density at radius 2 is 1.65 bits per heavy atom. The van der Waals surface area contributed by atoms with Crippen LogP contribution in [-0.2, 0) is 10.0 Å². The molecule has 164 valence electrons. The van der Waals surface area contributed by atoms with E-state index < -0.39 is 15.9 Å². The summed E-state index contributed by atoms with van der Waals surface area (Å²) in [6, 6.07) is 13.0. The first kappa shape index (κ1) is 21.5. The van der Waals surface area contributed by atoms with Crippen LogP contribution in [0.5, 0.6) is 0 Å². The molecular formula is C23H27N3O4S. The minimum absolute atomic E-state index is 0.0278. The number of nitrogens with zero attached hydrogens (tertiary/aromatic N) is 1. The number of amides is 2. The van der Waals surface area contributed by atoms with Gasteiger partial charge in [0.1, 0.15) is 0 Å². The Hall–Kier alpha value is -2.71. The predicted octanol–water partition coefficient (Wildman–Crippen LogP) is 3.39. The monoisotopic (exact) mass is 441 g/mol. The fraction of sp³-hybridized carbons (Fsp3) is 0.391. The third kappa shape index (κ3) is 4.80. The van der Waals surface area contributed by atoms with Crippen molar-refractivity contribution in [3.05, 3.63) is 59.7 Å². The second kappa shape index (κ2) is 8.80. The first-order valence-corrected chi connectivity index (χ1v) is 12.1. The van der Waals surface area contributed by atoms with Crippen LogP contribution in [0.4, 0.5) is 5.69 Å². The highest BCUT2D eigenvalue weighted by Crippen LogP contribution is 2.26. The van der Waals surface area contributed by atoms with Gasteiger partial charge in [-0.3, -0.25) is 9.59 Å². The first-order chi connectivity index (χ1) is 14.9. The lowest BCUT2D eigenvalue weighted by Gasteiger charge is -2.32. The summed E-state index contributed by atoms with van der Waals surface area (Å²) in [6.07, 6.45) is 4.70. The molecule has 1 aliphatic carbocycles. The van der Waals surface area contributed by atoms with Crippen LogP contribution in [0.1, 0.15) is 59.7 Å². The van der Waals surface area contributed by atoms with Crippen LogP contribution in [0, 0.1) is 0 Å². The summed E-state index contributed by atoms with van der Waals surface area (Å²) >= 11 is 0. The molecular weight excluding hydrogens is 414 g/mol. The van der Waals surface area contributed by atoms with E-state index in [2.05, 4.69) is 10.6 Å². The summed E-state index contributed by atoms with van der Waals surface area (Å²) in [5.41, 5.74) is 1.15. The molecule has 2 N–H and O–H groups in total. The maximum Gasteiger partial charge on any atom is 0.255 e. The fourth-order valence-electron chi connectivity index (χ4n) is 3.82. The number of rotatable bonds is 6. The molecule has 8 heteroatoms. The van der Waals surface area contributed by atoms with Crippen LogP contribution in [-0.4, -0.2) is 43.2 Å². The highest BCUT2D eigenvalue weighted by Gasteiger charge is 2.31. The lowest BCUT2D eigenvalue weighted by molar-refractivity contribution is 0.0952. The second-order valence-electron chi connectivity index (χ2n) is 8.23. The number of sulfonamides is 1. The molecule has 1 heterocycles. The van der Waals surface area contributed by atoms with Crippen molar-refractivity contribution in [1.29, 1.82) is 0 Å². The van der Waals surface area contributed by atoms with Crippen molar-refractivity contribution >= 4 is 27.5 Å². The third-order valence-corrected chi connectivity index (χ3v) is 7.83. The van der Waals surface area contributed by atoms with Crippen molar-refractivity contribution in [3.63, 3.8) is 0 Å². The van der Waals surface area contributed by atoms with E-state index in [1.54, 1.807) is 28.6 Å². The Morgan fingerprint density at radius 3 is 2.32 bits per heavy atom. The lowest BCUT2D eigenvalue weighted by Crippen LogP contribution is -2.41. The number of carbonyl (C=O) groups is 2. The maximum absolute atomic E-state index is 13.0. The van der Waals surface area contributed by atoms with Gasteiger partial charge in [-0.25, -0.2) is 8.42 Å². The minimum atomic E-state index is -3.59. The number of nitrogens with one attached hydrogen (secondary N) is 2. The van der Waals surface area contributed by atoms with Gasteiger partial charge in [-0.2, -0.15) is 4.31 Å². The highest BCUT2D eigenvalue weighted by atomic mass is 32.2. The summed E-state index contributed by atoms with van der Waals surface area (Å²) in [6.45, 7) is 2.45. The molecule has 1 saturated heterocycles. The van der Waals surface area contributed by atoms with Gasteiger partial charge in [0.05, 0.1) is 16.1 Å². The van der Waals surface area contributed by atoms with E-state index in [1.165, 1.54) is 24.3 Å². The second-order valence-corrected chi connectivity index (χ2v) is 10.1. The number of hydrogen-bond acceptors (Lipinski definition) is 4. The molecule has 31 heavy (non-hydrogen) atoms. The molecule has 7 nitrogen and oxygen atoms in total. The number of para-hydroxylation sites is 1. The zero-order valence-corrected chi connectivity index (χ0v) is 18.3. The zero-order chi connectivity index (χ0) is 22.0. The van der Waals surface area contributed by atoms with Crippen LogP contribution in [0.15, 0.2) is 53.4 Å². The number of anilines is 1. The smallest absolute Gasteiger partial charge is 0.255 e. The molecule has 0 bridgehead atoms. The Kier molecular flexibility index (Phi) is 6.11. The lowest BCUT2D eigenvalue weighted by atomic mass is 10.1. The molecule has 2 aromatic carbocycles. The van der Waals surface area contributed by atoms with Gasteiger partial charge >= 0.3 is 0 Å². The normalized spacial score (nSPS) is 19.6. The molecule has 4 rings (SSSR count). The van der Waals surface area contributed by atoms with Crippen molar-refractivity contribution in [2.75, 3.05) is 11.9 Å². The summed E-state index contributed by atoms with van der Waals surface area (Å²) in [7, 11) is -3.59. The van der Waals surface area contributed by atoms with Crippen molar-refractivity contribution in [3.8, 4) is 0 Å². The van der Waals surface area contributed by atoms with Crippen LogP contribution in [0.2, 0.25) is 0 Å². The molecule has 0 aromatic heterocycles. The Labute approximate surface area is 182 Å². The molecule has 1 saturated carbocycles. The van der Waals surface area contributed by atoms with Gasteiger partial charge in [0.15, 0.2) is 0 Å². The van der Waals surface area contributed by atoms with E-state index in [0.717, 1.165) is 32.1 Å². The highest BCUT2D eigenvalue weighted by molar-refractivity contribution is 7.89. The van der Waals surface area contributed by atoms with E-state index >= 15 is 0 Å². The third-order valence-electron chi connectivity index (χ3n) is 5.80. The SMILES string of the molecule is CC1CCCCN1S(=O)(=O)c1ccc(C(=O)Nc2ccccc2C(=O)NC2CC2)cc1. The predicted molar refractivity (Wildman–Crippen MR) is 119 cm³/mol. The topological polar surface area (TPSA) is 95.6 Å². The first-order valence-electron chi connectivity index (χ1n) is 10.7. The van der Waals surface area contributed by atoms with Crippen molar-refractivity contribution < 1.29 is 18.0 Å². The number of hydrogen-bond donors (Lipinski definition) is 2. The van der Waals surface area contributed by atoms with Crippen molar-refractivity contribution in [1.82, 2.24) is 9.62 Å².